The number of thioether (sulfide) groups is 1. The van der Waals surface area contributed by atoms with Crippen molar-refractivity contribution < 1.29 is 0 Å². The maximum Gasteiger partial charge on any atom is 0.0452 e. The van der Waals surface area contributed by atoms with Gasteiger partial charge in [-0.15, -0.1) is 24.2 Å². The lowest BCUT2D eigenvalue weighted by molar-refractivity contribution is 1.43. The molecule has 0 fully saturated rings. The summed E-state index contributed by atoms with van der Waals surface area (Å²) in [4.78, 5) is 1.19. The predicted molar refractivity (Wildman–Crippen MR) is 54.5 cm³/mol. The maximum atomic E-state index is 5.69. The van der Waals surface area contributed by atoms with Crippen molar-refractivity contribution in [2.24, 2.45) is 0 Å². The minimum Gasteiger partial charge on any atom is -0.398 e. The highest BCUT2D eigenvalue weighted by Gasteiger charge is 1.93. The fourth-order valence-electron chi connectivity index (χ4n) is 0.767. The first kappa shape index (κ1) is 10.7. The topological polar surface area (TPSA) is 26.0 Å². The fourth-order valence-corrected chi connectivity index (χ4v) is 1.49. The minimum absolute atomic E-state index is 0. The SMILES string of the molecule is CCSc1ccccc1N.Cl. The van der Waals surface area contributed by atoms with Gasteiger partial charge in [-0.25, -0.2) is 0 Å². The zero-order valence-corrected chi connectivity index (χ0v) is 8.04. The summed E-state index contributed by atoms with van der Waals surface area (Å²) in [5.41, 5.74) is 6.57. The molecule has 0 bridgehead atoms. The molecule has 3 heteroatoms. The molecule has 1 nitrogen and oxygen atoms in total. The van der Waals surface area contributed by atoms with Gasteiger partial charge in [0.1, 0.15) is 0 Å². The molecule has 1 aromatic carbocycles. The van der Waals surface area contributed by atoms with Crippen LogP contribution in [0.3, 0.4) is 0 Å². The van der Waals surface area contributed by atoms with Gasteiger partial charge in [0.05, 0.1) is 0 Å². The third-order valence-corrected chi connectivity index (χ3v) is 2.19. The van der Waals surface area contributed by atoms with Crippen molar-refractivity contribution in [3.05, 3.63) is 24.3 Å². The first-order chi connectivity index (χ1) is 4.84. The van der Waals surface area contributed by atoms with Crippen molar-refractivity contribution in [2.45, 2.75) is 11.8 Å². The highest BCUT2D eigenvalue weighted by molar-refractivity contribution is 7.99. The van der Waals surface area contributed by atoms with E-state index in [9.17, 15) is 0 Å². The lowest BCUT2D eigenvalue weighted by atomic mass is 10.3. The second-order valence-corrected chi connectivity index (χ2v) is 3.28. The standard InChI is InChI=1S/C8H11NS.ClH/c1-2-10-8-6-4-3-5-7(8)9;/h3-6H,2,9H2,1H3;1H. The Morgan fingerprint density at radius 1 is 1.36 bits per heavy atom. The summed E-state index contributed by atoms with van der Waals surface area (Å²) < 4.78 is 0. The molecule has 62 valence electrons. The molecule has 0 unspecified atom stereocenters. The molecule has 0 aliphatic carbocycles. The van der Waals surface area contributed by atoms with Crippen LogP contribution >= 0.6 is 24.2 Å². The quantitative estimate of drug-likeness (QED) is 0.572. The molecule has 0 heterocycles. The molecule has 11 heavy (non-hydrogen) atoms. The van der Waals surface area contributed by atoms with Crippen LogP contribution in [-0.4, -0.2) is 5.75 Å². The number of anilines is 1. The first-order valence-corrected chi connectivity index (χ1v) is 4.30. The van der Waals surface area contributed by atoms with Crippen LogP contribution in [0.5, 0.6) is 0 Å². The number of para-hydroxylation sites is 1. The zero-order valence-electron chi connectivity index (χ0n) is 6.41. The van der Waals surface area contributed by atoms with Crippen LogP contribution in [0, 0.1) is 0 Å². The Balaban J connectivity index is 0.000001000. The van der Waals surface area contributed by atoms with Gasteiger partial charge in [0.15, 0.2) is 0 Å². The normalized spacial score (nSPS) is 8.82. The van der Waals surface area contributed by atoms with Crippen molar-refractivity contribution in [3.63, 3.8) is 0 Å². The van der Waals surface area contributed by atoms with Gasteiger partial charge in [0, 0.05) is 10.6 Å². The van der Waals surface area contributed by atoms with Crippen LogP contribution < -0.4 is 5.73 Å². The highest BCUT2D eigenvalue weighted by atomic mass is 35.5. The molecule has 1 rings (SSSR count). The molecule has 0 aliphatic heterocycles. The third kappa shape index (κ3) is 3.04. The molecule has 2 N–H and O–H groups in total. The van der Waals surface area contributed by atoms with Crippen molar-refractivity contribution in [3.8, 4) is 0 Å². The summed E-state index contributed by atoms with van der Waals surface area (Å²) in [5.74, 6) is 1.08. The molecule has 0 aliphatic rings. The van der Waals surface area contributed by atoms with Gasteiger partial charge in [-0.3, -0.25) is 0 Å². The molecule has 1 aromatic rings. The second-order valence-electron chi connectivity index (χ2n) is 1.97. The number of nitrogens with two attached hydrogens (primary N) is 1. The molecular formula is C8H12ClNS. The summed E-state index contributed by atoms with van der Waals surface area (Å²) in [6, 6.07) is 7.94. The van der Waals surface area contributed by atoms with Crippen LogP contribution in [0.2, 0.25) is 0 Å². The van der Waals surface area contributed by atoms with Crippen molar-refractivity contribution in [2.75, 3.05) is 11.5 Å². The molecule has 0 aromatic heterocycles. The predicted octanol–water partition coefficient (Wildman–Crippen LogP) is 2.80. The van der Waals surface area contributed by atoms with E-state index in [4.69, 9.17) is 5.73 Å². The average molecular weight is 190 g/mol. The number of hydrogen-bond acceptors (Lipinski definition) is 2. The van der Waals surface area contributed by atoms with Crippen LogP contribution in [-0.2, 0) is 0 Å². The molecule has 0 saturated carbocycles. The summed E-state index contributed by atoms with van der Waals surface area (Å²) >= 11 is 1.78. The van der Waals surface area contributed by atoms with E-state index in [0.717, 1.165) is 11.4 Å². The summed E-state index contributed by atoms with van der Waals surface area (Å²) in [6.07, 6.45) is 0. The van der Waals surface area contributed by atoms with Gasteiger partial charge in [-0.05, 0) is 17.9 Å². The number of halogens is 1. The van der Waals surface area contributed by atoms with Gasteiger partial charge < -0.3 is 5.73 Å². The zero-order chi connectivity index (χ0) is 7.40. The summed E-state index contributed by atoms with van der Waals surface area (Å²) in [6.45, 7) is 2.12. The van der Waals surface area contributed by atoms with E-state index >= 15 is 0 Å². The summed E-state index contributed by atoms with van der Waals surface area (Å²) in [7, 11) is 0. The van der Waals surface area contributed by atoms with E-state index in [2.05, 4.69) is 6.92 Å². The van der Waals surface area contributed by atoms with Crippen LogP contribution in [0.15, 0.2) is 29.2 Å². The monoisotopic (exact) mass is 189 g/mol. The van der Waals surface area contributed by atoms with E-state index in [1.165, 1.54) is 4.90 Å². The number of rotatable bonds is 2. The van der Waals surface area contributed by atoms with Gasteiger partial charge in [0.2, 0.25) is 0 Å². The molecule has 0 amide bonds. The second kappa shape index (κ2) is 5.33. The Bertz CT molecular complexity index is 215. The largest absolute Gasteiger partial charge is 0.398 e. The molecule has 0 spiro atoms. The van der Waals surface area contributed by atoms with Crippen molar-refractivity contribution >= 4 is 29.9 Å². The Labute approximate surface area is 77.8 Å². The molecule has 0 radical (unpaired) electrons. The Morgan fingerprint density at radius 3 is 2.55 bits per heavy atom. The van der Waals surface area contributed by atoms with E-state index in [0.29, 0.717) is 0 Å². The van der Waals surface area contributed by atoms with Crippen LogP contribution in [0.4, 0.5) is 5.69 Å². The maximum absolute atomic E-state index is 5.69. The minimum atomic E-state index is 0. The lowest BCUT2D eigenvalue weighted by Gasteiger charge is -2.00. The van der Waals surface area contributed by atoms with Crippen molar-refractivity contribution in [1.29, 1.82) is 0 Å². The Morgan fingerprint density at radius 2 is 2.00 bits per heavy atom. The van der Waals surface area contributed by atoms with E-state index in [1.54, 1.807) is 11.8 Å². The number of hydrogen-bond donors (Lipinski definition) is 1. The van der Waals surface area contributed by atoms with Gasteiger partial charge >= 0.3 is 0 Å². The fraction of sp³-hybridized carbons (Fsp3) is 0.250. The van der Waals surface area contributed by atoms with E-state index in [-0.39, 0.29) is 12.4 Å². The summed E-state index contributed by atoms with van der Waals surface area (Å²) in [5, 5.41) is 0. The molecule has 0 saturated heterocycles. The van der Waals surface area contributed by atoms with Gasteiger partial charge in [-0.2, -0.15) is 0 Å². The first-order valence-electron chi connectivity index (χ1n) is 3.32. The average Bonchev–Trinajstić information content (AvgIpc) is 1.94. The molecule has 0 atom stereocenters. The molecular weight excluding hydrogens is 178 g/mol. The van der Waals surface area contributed by atoms with E-state index in [1.807, 2.05) is 24.3 Å². The Hall–Kier alpha value is -0.340. The number of nitrogen functional groups attached to an aromatic ring is 1. The van der Waals surface area contributed by atoms with Crippen LogP contribution in [0.25, 0.3) is 0 Å². The highest BCUT2D eigenvalue weighted by Crippen LogP contribution is 2.23. The van der Waals surface area contributed by atoms with Crippen molar-refractivity contribution in [1.82, 2.24) is 0 Å². The van der Waals surface area contributed by atoms with Gasteiger partial charge in [-0.1, -0.05) is 19.1 Å². The number of benzene rings is 1. The lowest BCUT2D eigenvalue weighted by Crippen LogP contribution is -1.86. The third-order valence-electron chi connectivity index (χ3n) is 1.22. The Kier molecular flexibility index (Phi) is 5.16. The van der Waals surface area contributed by atoms with Gasteiger partial charge in [0.25, 0.3) is 0 Å². The van der Waals surface area contributed by atoms with E-state index < -0.39 is 0 Å². The smallest absolute Gasteiger partial charge is 0.0452 e. The van der Waals surface area contributed by atoms with Crippen LogP contribution in [0.1, 0.15) is 6.92 Å².